The van der Waals surface area contributed by atoms with Crippen LogP contribution in [-0.2, 0) is 13.1 Å². The highest BCUT2D eigenvalue weighted by molar-refractivity contribution is 6.31. The first-order valence-corrected chi connectivity index (χ1v) is 6.74. The first kappa shape index (κ1) is 13.9. The SMILES string of the molecule is CN(CCCn1ccc(N)n1)Cc1ccccc1Cl. The zero-order valence-corrected chi connectivity index (χ0v) is 11.8. The fraction of sp³-hybridized carbons (Fsp3) is 0.357. The Kier molecular flexibility index (Phi) is 4.82. The van der Waals surface area contributed by atoms with E-state index in [9.17, 15) is 0 Å². The summed E-state index contributed by atoms with van der Waals surface area (Å²) in [7, 11) is 2.10. The summed E-state index contributed by atoms with van der Waals surface area (Å²) in [5.74, 6) is 0.574. The zero-order valence-electron chi connectivity index (χ0n) is 11.1. The van der Waals surface area contributed by atoms with E-state index in [-0.39, 0.29) is 0 Å². The van der Waals surface area contributed by atoms with Gasteiger partial charge in [-0.3, -0.25) is 4.68 Å². The Morgan fingerprint density at radius 3 is 2.79 bits per heavy atom. The van der Waals surface area contributed by atoms with Crippen molar-refractivity contribution in [2.75, 3.05) is 19.3 Å². The van der Waals surface area contributed by atoms with Crippen molar-refractivity contribution in [3.63, 3.8) is 0 Å². The van der Waals surface area contributed by atoms with Crippen LogP contribution in [0.2, 0.25) is 5.02 Å². The maximum Gasteiger partial charge on any atom is 0.145 e. The number of rotatable bonds is 6. The average Bonchev–Trinajstić information content (AvgIpc) is 2.78. The lowest BCUT2D eigenvalue weighted by Gasteiger charge is -2.17. The summed E-state index contributed by atoms with van der Waals surface area (Å²) in [6, 6.07) is 9.77. The normalized spacial score (nSPS) is 11.1. The van der Waals surface area contributed by atoms with Gasteiger partial charge in [-0.2, -0.15) is 5.10 Å². The second-order valence-corrected chi connectivity index (χ2v) is 5.09. The summed E-state index contributed by atoms with van der Waals surface area (Å²) in [5, 5.41) is 4.99. The number of hydrogen-bond donors (Lipinski definition) is 1. The predicted octanol–water partition coefficient (Wildman–Crippen LogP) is 2.64. The van der Waals surface area contributed by atoms with Crippen molar-refractivity contribution in [2.24, 2.45) is 0 Å². The van der Waals surface area contributed by atoms with Crippen LogP contribution in [-0.4, -0.2) is 28.3 Å². The number of anilines is 1. The van der Waals surface area contributed by atoms with Crippen molar-refractivity contribution < 1.29 is 0 Å². The highest BCUT2D eigenvalue weighted by atomic mass is 35.5. The van der Waals surface area contributed by atoms with E-state index in [1.165, 1.54) is 0 Å². The number of nitrogen functional groups attached to an aromatic ring is 1. The van der Waals surface area contributed by atoms with Crippen molar-refractivity contribution in [2.45, 2.75) is 19.5 Å². The van der Waals surface area contributed by atoms with Crippen molar-refractivity contribution >= 4 is 17.4 Å². The van der Waals surface area contributed by atoms with Gasteiger partial charge in [0.05, 0.1) is 0 Å². The standard InChI is InChI=1S/C14H19ClN4/c1-18(11-12-5-2-3-6-13(12)15)8-4-9-19-10-7-14(16)17-19/h2-3,5-7,10H,4,8-9,11H2,1H3,(H2,16,17). The molecule has 0 atom stereocenters. The number of nitrogens with zero attached hydrogens (tertiary/aromatic N) is 3. The molecule has 0 aliphatic heterocycles. The fourth-order valence-electron chi connectivity index (χ4n) is 2.00. The molecule has 0 aliphatic rings. The fourth-order valence-corrected chi connectivity index (χ4v) is 2.20. The molecule has 4 nitrogen and oxygen atoms in total. The maximum absolute atomic E-state index is 6.15. The molecule has 1 aromatic carbocycles. The first-order valence-electron chi connectivity index (χ1n) is 6.36. The number of benzene rings is 1. The lowest BCUT2D eigenvalue weighted by Crippen LogP contribution is -2.20. The minimum absolute atomic E-state index is 0.574. The zero-order chi connectivity index (χ0) is 13.7. The Balaban J connectivity index is 1.76. The average molecular weight is 279 g/mol. The van der Waals surface area contributed by atoms with Gasteiger partial charge in [-0.05, 0) is 37.7 Å². The van der Waals surface area contributed by atoms with Gasteiger partial charge < -0.3 is 10.6 Å². The van der Waals surface area contributed by atoms with E-state index >= 15 is 0 Å². The molecule has 0 aliphatic carbocycles. The topological polar surface area (TPSA) is 47.1 Å². The van der Waals surface area contributed by atoms with Gasteiger partial charge >= 0.3 is 0 Å². The van der Waals surface area contributed by atoms with Gasteiger partial charge in [-0.25, -0.2) is 0 Å². The van der Waals surface area contributed by atoms with Crippen LogP contribution in [0.4, 0.5) is 5.82 Å². The predicted molar refractivity (Wildman–Crippen MR) is 79.0 cm³/mol. The molecule has 2 N–H and O–H groups in total. The van der Waals surface area contributed by atoms with Gasteiger partial charge in [0.1, 0.15) is 5.82 Å². The van der Waals surface area contributed by atoms with Gasteiger partial charge in [-0.1, -0.05) is 29.8 Å². The number of halogens is 1. The number of hydrogen-bond acceptors (Lipinski definition) is 3. The highest BCUT2D eigenvalue weighted by Crippen LogP contribution is 2.16. The Morgan fingerprint density at radius 1 is 1.32 bits per heavy atom. The van der Waals surface area contributed by atoms with E-state index < -0.39 is 0 Å². The van der Waals surface area contributed by atoms with E-state index in [4.69, 9.17) is 17.3 Å². The molecule has 0 unspecified atom stereocenters. The summed E-state index contributed by atoms with van der Waals surface area (Å²) in [6.45, 7) is 2.73. The Hall–Kier alpha value is -1.52. The van der Waals surface area contributed by atoms with Crippen LogP contribution >= 0.6 is 11.6 Å². The molecule has 1 aromatic heterocycles. The molecule has 0 fully saturated rings. The monoisotopic (exact) mass is 278 g/mol. The van der Waals surface area contributed by atoms with Gasteiger partial charge in [0.2, 0.25) is 0 Å². The van der Waals surface area contributed by atoms with Gasteiger partial charge in [0, 0.05) is 24.3 Å². The van der Waals surface area contributed by atoms with Crippen LogP contribution in [0.5, 0.6) is 0 Å². The minimum atomic E-state index is 0.574. The number of nitrogens with two attached hydrogens (primary N) is 1. The van der Waals surface area contributed by atoms with E-state index in [1.807, 2.05) is 35.1 Å². The van der Waals surface area contributed by atoms with E-state index in [0.29, 0.717) is 5.82 Å². The van der Waals surface area contributed by atoms with Crippen LogP contribution in [0.3, 0.4) is 0 Å². The third-order valence-electron chi connectivity index (χ3n) is 2.99. The van der Waals surface area contributed by atoms with E-state index in [2.05, 4.69) is 23.1 Å². The smallest absolute Gasteiger partial charge is 0.145 e. The van der Waals surface area contributed by atoms with Crippen LogP contribution < -0.4 is 5.73 Å². The van der Waals surface area contributed by atoms with Gasteiger partial charge in [0.25, 0.3) is 0 Å². The second-order valence-electron chi connectivity index (χ2n) is 4.69. The molecule has 0 spiro atoms. The Morgan fingerprint density at radius 2 is 2.11 bits per heavy atom. The number of aryl methyl sites for hydroxylation is 1. The van der Waals surface area contributed by atoms with Gasteiger partial charge in [0.15, 0.2) is 0 Å². The molecule has 0 saturated heterocycles. The molecular weight excluding hydrogens is 260 g/mol. The summed E-state index contributed by atoms with van der Waals surface area (Å²) in [5.41, 5.74) is 6.73. The number of aromatic nitrogens is 2. The molecule has 5 heteroatoms. The molecule has 0 amide bonds. The van der Waals surface area contributed by atoms with E-state index in [1.54, 1.807) is 0 Å². The summed E-state index contributed by atoms with van der Waals surface area (Å²) in [4.78, 5) is 2.26. The maximum atomic E-state index is 6.15. The summed E-state index contributed by atoms with van der Waals surface area (Å²) in [6.07, 6.45) is 2.94. The Bertz CT molecular complexity index is 524. The lowest BCUT2D eigenvalue weighted by molar-refractivity contribution is 0.311. The molecule has 102 valence electrons. The molecular formula is C14H19ClN4. The van der Waals surface area contributed by atoms with E-state index in [0.717, 1.165) is 36.6 Å². The molecule has 0 saturated carbocycles. The summed E-state index contributed by atoms with van der Waals surface area (Å²) >= 11 is 6.15. The van der Waals surface area contributed by atoms with Crippen molar-refractivity contribution in [3.05, 3.63) is 47.1 Å². The first-order chi connectivity index (χ1) is 9.15. The molecule has 0 bridgehead atoms. The summed E-state index contributed by atoms with van der Waals surface area (Å²) < 4.78 is 1.87. The quantitative estimate of drug-likeness (QED) is 0.884. The third kappa shape index (κ3) is 4.26. The van der Waals surface area contributed by atoms with Crippen LogP contribution in [0.1, 0.15) is 12.0 Å². The van der Waals surface area contributed by atoms with Crippen LogP contribution in [0.15, 0.2) is 36.5 Å². The van der Waals surface area contributed by atoms with Crippen LogP contribution in [0.25, 0.3) is 0 Å². The minimum Gasteiger partial charge on any atom is -0.382 e. The highest BCUT2D eigenvalue weighted by Gasteiger charge is 2.04. The van der Waals surface area contributed by atoms with Gasteiger partial charge in [-0.15, -0.1) is 0 Å². The molecule has 1 heterocycles. The van der Waals surface area contributed by atoms with Crippen molar-refractivity contribution in [3.8, 4) is 0 Å². The molecule has 2 rings (SSSR count). The third-order valence-corrected chi connectivity index (χ3v) is 3.36. The molecule has 19 heavy (non-hydrogen) atoms. The molecule has 0 radical (unpaired) electrons. The lowest BCUT2D eigenvalue weighted by atomic mass is 10.2. The largest absolute Gasteiger partial charge is 0.382 e. The van der Waals surface area contributed by atoms with Crippen molar-refractivity contribution in [1.82, 2.24) is 14.7 Å². The Labute approximate surface area is 118 Å². The van der Waals surface area contributed by atoms with Crippen molar-refractivity contribution in [1.29, 1.82) is 0 Å². The second kappa shape index (κ2) is 6.59. The van der Waals surface area contributed by atoms with Crippen LogP contribution in [0, 0.1) is 0 Å². The molecule has 2 aromatic rings.